The highest BCUT2D eigenvalue weighted by Gasteiger charge is 2.40. The molecule has 3 aromatic carbocycles. The number of nitrogens with zero attached hydrogens (tertiary/aromatic N) is 3. The smallest absolute Gasteiger partial charge is 0.314 e. The van der Waals surface area contributed by atoms with Crippen molar-refractivity contribution in [2.45, 2.75) is 71.6 Å². The van der Waals surface area contributed by atoms with Crippen molar-refractivity contribution < 1.29 is 19.7 Å². The number of aliphatic hydroxyl groups excluding tert-OH is 1. The van der Waals surface area contributed by atoms with E-state index in [2.05, 4.69) is 22.4 Å². The average Bonchev–Trinajstić information content (AvgIpc) is 3.35. The van der Waals surface area contributed by atoms with Crippen LogP contribution in [0.25, 0.3) is 11.0 Å². The van der Waals surface area contributed by atoms with Gasteiger partial charge in [-0.3, -0.25) is 4.79 Å². The molecule has 7 heteroatoms. The lowest BCUT2D eigenvalue weighted by Gasteiger charge is -2.31. The Labute approximate surface area is 224 Å². The molecule has 0 fully saturated rings. The SMILES string of the molecule is CCC(Cc1ccc(C)c(CO)c1)(C(=O)O)c1ccc2c(nnn2CCCCOCc2ccccc2)c1C. The second-order valence-corrected chi connectivity index (χ2v) is 10.0. The fourth-order valence-electron chi connectivity index (χ4n) is 5.19. The molecule has 0 bridgehead atoms. The summed E-state index contributed by atoms with van der Waals surface area (Å²) in [5.41, 5.74) is 6.00. The van der Waals surface area contributed by atoms with Crippen molar-refractivity contribution in [1.29, 1.82) is 0 Å². The van der Waals surface area contributed by atoms with Gasteiger partial charge in [0.25, 0.3) is 0 Å². The monoisotopic (exact) mass is 515 g/mol. The van der Waals surface area contributed by atoms with Gasteiger partial charge in [-0.1, -0.05) is 66.7 Å². The molecule has 4 aromatic rings. The van der Waals surface area contributed by atoms with Crippen molar-refractivity contribution in [2.75, 3.05) is 6.61 Å². The molecule has 38 heavy (non-hydrogen) atoms. The standard InChI is InChI=1S/C31H37N3O4/c1-4-31(30(36)37,19-25-13-12-22(2)26(18-25)20-35)27-14-15-28-29(23(27)3)32-33-34(28)16-8-9-17-38-21-24-10-6-5-7-11-24/h5-7,10-15,18,35H,4,8-9,16-17,19-21H2,1-3H3,(H,36,37). The maximum absolute atomic E-state index is 12.8. The van der Waals surface area contributed by atoms with Gasteiger partial charge in [-0.15, -0.1) is 5.10 Å². The zero-order valence-electron chi connectivity index (χ0n) is 22.5. The van der Waals surface area contributed by atoms with E-state index < -0.39 is 11.4 Å². The van der Waals surface area contributed by atoms with Crippen molar-refractivity contribution in [1.82, 2.24) is 15.0 Å². The molecular weight excluding hydrogens is 478 g/mol. The molecule has 0 amide bonds. The van der Waals surface area contributed by atoms with Gasteiger partial charge >= 0.3 is 5.97 Å². The molecule has 4 rings (SSSR count). The number of fused-ring (bicyclic) bond motifs is 1. The molecular formula is C31H37N3O4. The quantitative estimate of drug-likeness (QED) is 0.228. The summed E-state index contributed by atoms with van der Waals surface area (Å²) in [7, 11) is 0. The van der Waals surface area contributed by atoms with Crippen LogP contribution in [0.15, 0.2) is 60.7 Å². The fraction of sp³-hybridized carbons (Fsp3) is 0.387. The zero-order chi connectivity index (χ0) is 27.1. The molecule has 1 aromatic heterocycles. The lowest BCUT2D eigenvalue weighted by molar-refractivity contribution is -0.144. The first-order valence-corrected chi connectivity index (χ1v) is 13.3. The van der Waals surface area contributed by atoms with Gasteiger partial charge < -0.3 is 14.9 Å². The van der Waals surface area contributed by atoms with E-state index in [1.54, 1.807) is 0 Å². The summed E-state index contributed by atoms with van der Waals surface area (Å²) in [6, 6.07) is 19.8. The predicted molar refractivity (Wildman–Crippen MR) is 148 cm³/mol. The van der Waals surface area contributed by atoms with E-state index in [4.69, 9.17) is 4.74 Å². The minimum atomic E-state index is -1.11. The Morgan fingerprint density at radius 3 is 2.53 bits per heavy atom. The first-order valence-electron chi connectivity index (χ1n) is 13.3. The number of hydrogen-bond donors (Lipinski definition) is 2. The van der Waals surface area contributed by atoms with E-state index in [0.29, 0.717) is 26.1 Å². The lowest BCUT2D eigenvalue weighted by atomic mass is 9.71. The highest BCUT2D eigenvalue weighted by molar-refractivity contribution is 5.87. The van der Waals surface area contributed by atoms with Crippen LogP contribution in [-0.4, -0.2) is 37.8 Å². The van der Waals surface area contributed by atoms with E-state index in [9.17, 15) is 15.0 Å². The highest BCUT2D eigenvalue weighted by Crippen LogP contribution is 2.37. The number of carbonyl (C=O) groups is 1. The van der Waals surface area contributed by atoms with Crippen LogP contribution in [0.5, 0.6) is 0 Å². The van der Waals surface area contributed by atoms with Crippen LogP contribution in [-0.2, 0) is 41.1 Å². The molecule has 0 aliphatic carbocycles. The zero-order valence-corrected chi connectivity index (χ0v) is 22.5. The third-order valence-corrected chi connectivity index (χ3v) is 7.58. The first kappa shape index (κ1) is 27.5. The first-order chi connectivity index (χ1) is 18.4. The second kappa shape index (κ2) is 12.3. The molecule has 2 N–H and O–H groups in total. The molecule has 1 unspecified atom stereocenters. The van der Waals surface area contributed by atoms with Crippen molar-refractivity contribution >= 4 is 17.0 Å². The third kappa shape index (κ3) is 5.79. The van der Waals surface area contributed by atoms with Crippen LogP contribution in [0, 0.1) is 13.8 Å². The highest BCUT2D eigenvalue weighted by atomic mass is 16.5. The molecule has 0 radical (unpaired) electrons. The number of aromatic nitrogens is 3. The fourth-order valence-corrected chi connectivity index (χ4v) is 5.19. The maximum Gasteiger partial charge on any atom is 0.314 e. The minimum absolute atomic E-state index is 0.0703. The number of aryl methyl sites for hydroxylation is 3. The molecule has 0 aliphatic heterocycles. The average molecular weight is 516 g/mol. The van der Waals surface area contributed by atoms with Crippen molar-refractivity contribution in [3.8, 4) is 0 Å². The van der Waals surface area contributed by atoms with Crippen molar-refractivity contribution in [3.63, 3.8) is 0 Å². The summed E-state index contributed by atoms with van der Waals surface area (Å²) in [4.78, 5) is 12.8. The Hall–Kier alpha value is -3.55. The number of rotatable bonds is 13. The van der Waals surface area contributed by atoms with Crippen molar-refractivity contribution in [2.24, 2.45) is 0 Å². The van der Waals surface area contributed by atoms with Crippen LogP contribution in [0.1, 0.15) is 59.6 Å². The number of benzene rings is 3. The summed E-state index contributed by atoms with van der Waals surface area (Å²) in [5, 5.41) is 29.0. The minimum Gasteiger partial charge on any atom is -0.481 e. The lowest BCUT2D eigenvalue weighted by Crippen LogP contribution is -2.38. The van der Waals surface area contributed by atoms with E-state index in [1.165, 1.54) is 5.56 Å². The van der Waals surface area contributed by atoms with E-state index in [0.717, 1.165) is 58.2 Å². The van der Waals surface area contributed by atoms with E-state index >= 15 is 0 Å². The number of hydrogen-bond acceptors (Lipinski definition) is 5. The predicted octanol–water partition coefficient (Wildman–Crippen LogP) is 5.51. The van der Waals surface area contributed by atoms with Gasteiger partial charge in [0.1, 0.15) is 5.52 Å². The summed E-state index contributed by atoms with van der Waals surface area (Å²) in [6.45, 7) is 7.74. The largest absolute Gasteiger partial charge is 0.481 e. The number of ether oxygens (including phenoxy) is 1. The molecule has 200 valence electrons. The molecule has 0 saturated heterocycles. The van der Waals surface area contributed by atoms with Gasteiger partial charge in [0.2, 0.25) is 0 Å². The Balaban J connectivity index is 1.49. The van der Waals surface area contributed by atoms with Crippen LogP contribution in [0.2, 0.25) is 0 Å². The topological polar surface area (TPSA) is 97.5 Å². The summed E-state index contributed by atoms with van der Waals surface area (Å²) < 4.78 is 7.68. The molecule has 1 heterocycles. The summed E-state index contributed by atoms with van der Waals surface area (Å²) in [6.07, 6.45) is 2.57. The Morgan fingerprint density at radius 2 is 1.82 bits per heavy atom. The summed E-state index contributed by atoms with van der Waals surface area (Å²) in [5.74, 6) is -0.864. The normalized spacial score (nSPS) is 13.1. The number of carboxylic acids is 1. The van der Waals surface area contributed by atoms with Crippen LogP contribution < -0.4 is 0 Å². The van der Waals surface area contributed by atoms with Crippen molar-refractivity contribution in [3.05, 3.63) is 94.0 Å². The van der Waals surface area contributed by atoms with Gasteiger partial charge in [0.15, 0.2) is 0 Å². The number of unbranched alkanes of at least 4 members (excludes halogenated alkanes) is 1. The maximum atomic E-state index is 12.8. The molecule has 0 saturated carbocycles. The van der Waals surface area contributed by atoms with Gasteiger partial charge in [-0.05, 0) is 79.0 Å². The Morgan fingerprint density at radius 1 is 1.03 bits per heavy atom. The Kier molecular flexibility index (Phi) is 8.92. The summed E-state index contributed by atoms with van der Waals surface area (Å²) >= 11 is 0. The van der Waals surface area contributed by atoms with Gasteiger partial charge in [0.05, 0.1) is 24.1 Å². The molecule has 7 nitrogen and oxygen atoms in total. The number of carboxylic acid groups (broad SMARTS) is 1. The Bertz CT molecular complexity index is 1380. The van der Waals surface area contributed by atoms with E-state index in [1.807, 2.05) is 74.0 Å². The second-order valence-electron chi connectivity index (χ2n) is 10.0. The molecule has 0 spiro atoms. The third-order valence-electron chi connectivity index (χ3n) is 7.58. The van der Waals surface area contributed by atoms with Crippen LogP contribution in [0.4, 0.5) is 0 Å². The van der Waals surface area contributed by atoms with Gasteiger partial charge in [0, 0.05) is 13.2 Å². The molecule has 1 atom stereocenters. The van der Waals surface area contributed by atoms with E-state index in [-0.39, 0.29) is 6.61 Å². The van der Waals surface area contributed by atoms with Gasteiger partial charge in [-0.25, -0.2) is 4.68 Å². The number of aliphatic hydroxyl groups is 1. The van der Waals surface area contributed by atoms with Gasteiger partial charge in [-0.2, -0.15) is 0 Å². The number of aliphatic carboxylic acids is 1. The molecule has 0 aliphatic rings. The van der Waals surface area contributed by atoms with Crippen LogP contribution >= 0.6 is 0 Å². The van der Waals surface area contributed by atoms with Crippen LogP contribution in [0.3, 0.4) is 0 Å².